The van der Waals surface area contributed by atoms with E-state index in [0.29, 0.717) is 5.56 Å². The number of thiophene rings is 1. The largest absolute Gasteiger partial charge is 0.387 e. The average Bonchev–Trinajstić information content (AvgIpc) is 2.91. The summed E-state index contributed by atoms with van der Waals surface area (Å²) < 4.78 is 0. The second-order valence-corrected chi connectivity index (χ2v) is 4.96. The summed E-state index contributed by atoms with van der Waals surface area (Å²) in [4.78, 5) is 13.0. The van der Waals surface area contributed by atoms with Gasteiger partial charge >= 0.3 is 0 Å². The van der Waals surface area contributed by atoms with E-state index in [-0.39, 0.29) is 5.78 Å². The number of Topliss-reactive ketones (excluding diaryl/α,β-unsaturated/α-hetero) is 1. The van der Waals surface area contributed by atoms with Crippen LogP contribution in [0.25, 0.3) is 0 Å². The van der Waals surface area contributed by atoms with Crippen molar-refractivity contribution in [1.29, 1.82) is 0 Å². The molecule has 0 aliphatic rings. The van der Waals surface area contributed by atoms with Gasteiger partial charge in [-0.15, -0.1) is 11.3 Å². The summed E-state index contributed by atoms with van der Waals surface area (Å²) in [5.41, 5.74) is 0.649. The van der Waals surface area contributed by atoms with E-state index in [2.05, 4.69) is 0 Å². The van der Waals surface area contributed by atoms with Gasteiger partial charge in [0.1, 0.15) is 0 Å². The smallest absolute Gasteiger partial charge is 0.168 e. The van der Waals surface area contributed by atoms with Crippen molar-refractivity contribution in [2.24, 2.45) is 5.92 Å². The van der Waals surface area contributed by atoms with Gasteiger partial charge in [-0.05, 0) is 11.4 Å². The number of aliphatic hydroxyl groups is 1. The predicted molar refractivity (Wildman–Crippen MR) is 69.2 cm³/mol. The Balaban J connectivity index is 2.16. The molecule has 2 atom stereocenters. The summed E-state index contributed by atoms with van der Waals surface area (Å²) in [6.07, 6.45) is -0.720. The second kappa shape index (κ2) is 5.25. The van der Waals surface area contributed by atoms with Gasteiger partial charge < -0.3 is 5.11 Å². The third kappa shape index (κ3) is 2.62. The normalized spacial score (nSPS) is 14.2. The van der Waals surface area contributed by atoms with Crippen molar-refractivity contribution in [2.45, 2.75) is 13.0 Å². The molecule has 17 heavy (non-hydrogen) atoms. The summed E-state index contributed by atoms with van der Waals surface area (Å²) in [5, 5.41) is 12.0. The summed E-state index contributed by atoms with van der Waals surface area (Å²) in [5.74, 6) is -0.442. The number of carbonyl (C=O) groups excluding carboxylic acids is 1. The fourth-order valence-corrected chi connectivity index (χ4v) is 2.53. The van der Waals surface area contributed by atoms with Crippen LogP contribution in [0.15, 0.2) is 47.8 Å². The van der Waals surface area contributed by atoms with E-state index in [1.807, 2.05) is 35.7 Å². The molecule has 1 N–H and O–H groups in total. The molecule has 2 nitrogen and oxygen atoms in total. The monoisotopic (exact) mass is 246 g/mol. The highest BCUT2D eigenvalue weighted by Crippen LogP contribution is 2.28. The van der Waals surface area contributed by atoms with Gasteiger partial charge in [-0.2, -0.15) is 0 Å². The number of aliphatic hydroxyl groups excluding tert-OH is 1. The van der Waals surface area contributed by atoms with Crippen LogP contribution in [0, 0.1) is 5.92 Å². The molecule has 0 bridgehead atoms. The van der Waals surface area contributed by atoms with Crippen molar-refractivity contribution >= 4 is 17.1 Å². The summed E-state index contributed by atoms with van der Waals surface area (Å²) in [6, 6.07) is 12.8. The lowest BCUT2D eigenvalue weighted by Gasteiger charge is -2.16. The van der Waals surface area contributed by atoms with Crippen molar-refractivity contribution in [3.63, 3.8) is 0 Å². The standard InChI is InChI=1S/C14H14O2S/c1-10(14(16)12-8-5-9-17-12)13(15)11-6-3-2-4-7-11/h2-10,14,16H,1H3/t10-,14+/m1/s1. The Kier molecular flexibility index (Phi) is 3.71. The van der Waals surface area contributed by atoms with Crippen LogP contribution in [0.1, 0.15) is 28.3 Å². The Morgan fingerprint density at radius 2 is 1.88 bits per heavy atom. The quantitative estimate of drug-likeness (QED) is 0.840. The molecule has 0 amide bonds. The van der Waals surface area contributed by atoms with Crippen molar-refractivity contribution in [3.05, 3.63) is 58.3 Å². The Morgan fingerprint density at radius 3 is 2.47 bits per heavy atom. The van der Waals surface area contributed by atoms with Gasteiger partial charge in [-0.1, -0.05) is 43.3 Å². The molecule has 3 heteroatoms. The molecule has 1 heterocycles. The second-order valence-electron chi connectivity index (χ2n) is 3.98. The zero-order valence-corrected chi connectivity index (χ0v) is 10.4. The van der Waals surface area contributed by atoms with E-state index >= 15 is 0 Å². The molecule has 0 fully saturated rings. The first-order valence-corrected chi connectivity index (χ1v) is 6.39. The zero-order valence-electron chi connectivity index (χ0n) is 9.54. The van der Waals surface area contributed by atoms with Gasteiger partial charge in [0.25, 0.3) is 0 Å². The van der Waals surface area contributed by atoms with Crippen LogP contribution in [0.4, 0.5) is 0 Å². The molecule has 0 aliphatic carbocycles. The minimum absolute atomic E-state index is 0.0218. The number of hydrogen-bond donors (Lipinski definition) is 1. The summed E-state index contributed by atoms with van der Waals surface area (Å²) >= 11 is 1.47. The third-order valence-electron chi connectivity index (χ3n) is 2.78. The van der Waals surface area contributed by atoms with Gasteiger partial charge in [-0.3, -0.25) is 4.79 Å². The topological polar surface area (TPSA) is 37.3 Å². The van der Waals surface area contributed by atoms with Crippen molar-refractivity contribution < 1.29 is 9.90 Å². The third-order valence-corrected chi connectivity index (χ3v) is 3.72. The highest BCUT2D eigenvalue weighted by Gasteiger charge is 2.24. The van der Waals surface area contributed by atoms with E-state index < -0.39 is 12.0 Å². The SMILES string of the molecule is C[C@H](C(=O)c1ccccc1)[C@H](O)c1cccs1. The first kappa shape index (κ1) is 12.0. The van der Waals surface area contributed by atoms with Gasteiger partial charge in [0.2, 0.25) is 0 Å². The number of rotatable bonds is 4. The van der Waals surface area contributed by atoms with Crippen LogP contribution < -0.4 is 0 Å². The Morgan fingerprint density at radius 1 is 1.18 bits per heavy atom. The van der Waals surface area contributed by atoms with E-state index in [9.17, 15) is 9.90 Å². The van der Waals surface area contributed by atoms with E-state index in [0.717, 1.165) is 4.88 Å². The minimum Gasteiger partial charge on any atom is -0.387 e. The zero-order chi connectivity index (χ0) is 12.3. The highest BCUT2D eigenvalue weighted by molar-refractivity contribution is 7.10. The van der Waals surface area contributed by atoms with E-state index in [1.165, 1.54) is 11.3 Å². The molecule has 1 aromatic heterocycles. The van der Waals surface area contributed by atoms with Gasteiger partial charge in [-0.25, -0.2) is 0 Å². The van der Waals surface area contributed by atoms with Gasteiger partial charge in [0.15, 0.2) is 5.78 Å². The van der Waals surface area contributed by atoms with Crippen LogP contribution in [0.3, 0.4) is 0 Å². The van der Waals surface area contributed by atoms with Crippen LogP contribution in [-0.4, -0.2) is 10.9 Å². The molecule has 0 radical (unpaired) electrons. The fraction of sp³-hybridized carbons (Fsp3) is 0.214. The Hall–Kier alpha value is -1.45. The molecule has 1 aromatic carbocycles. The minimum atomic E-state index is -0.720. The molecular formula is C14H14O2S. The number of benzene rings is 1. The van der Waals surface area contributed by atoms with Crippen molar-refractivity contribution in [3.8, 4) is 0 Å². The molecule has 0 spiro atoms. The van der Waals surface area contributed by atoms with Crippen molar-refractivity contribution in [1.82, 2.24) is 0 Å². The summed E-state index contributed by atoms with van der Waals surface area (Å²) in [6.45, 7) is 1.76. The fourth-order valence-electron chi connectivity index (χ4n) is 1.71. The molecule has 0 saturated carbocycles. The molecule has 0 saturated heterocycles. The molecule has 0 unspecified atom stereocenters. The molecule has 2 rings (SSSR count). The van der Waals surface area contributed by atoms with E-state index in [1.54, 1.807) is 19.1 Å². The van der Waals surface area contributed by atoms with Crippen molar-refractivity contribution in [2.75, 3.05) is 0 Å². The van der Waals surface area contributed by atoms with Gasteiger partial charge in [0.05, 0.1) is 12.0 Å². The van der Waals surface area contributed by atoms with Crippen LogP contribution in [0.5, 0.6) is 0 Å². The number of carbonyl (C=O) groups is 1. The first-order chi connectivity index (χ1) is 8.20. The molecule has 88 valence electrons. The Bertz CT molecular complexity index is 476. The lowest BCUT2D eigenvalue weighted by atomic mass is 9.93. The highest BCUT2D eigenvalue weighted by atomic mass is 32.1. The number of hydrogen-bond acceptors (Lipinski definition) is 3. The first-order valence-electron chi connectivity index (χ1n) is 5.51. The maximum absolute atomic E-state index is 12.1. The predicted octanol–water partition coefficient (Wildman–Crippen LogP) is 3.30. The van der Waals surface area contributed by atoms with E-state index in [4.69, 9.17) is 0 Å². The van der Waals surface area contributed by atoms with Gasteiger partial charge in [0, 0.05) is 10.4 Å². The lowest BCUT2D eigenvalue weighted by molar-refractivity contribution is 0.0723. The maximum atomic E-state index is 12.1. The lowest BCUT2D eigenvalue weighted by Crippen LogP contribution is -2.18. The van der Waals surface area contributed by atoms with Crippen LogP contribution >= 0.6 is 11.3 Å². The maximum Gasteiger partial charge on any atom is 0.168 e. The average molecular weight is 246 g/mol. The van der Waals surface area contributed by atoms with Crippen LogP contribution in [-0.2, 0) is 0 Å². The van der Waals surface area contributed by atoms with Crippen LogP contribution in [0.2, 0.25) is 0 Å². The molecule has 0 aliphatic heterocycles. The molecular weight excluding hydrogens is 232 g/mol. The summed E-state index contributed by atoms with van der Waals surface area (Å²) in [7, 11) is 0. The Labute approximate surface area is 105 Å². The number of ketones is 1. The molecule has 2 aromatic rings.